The standard InChI is InChI=1S/C13H18Cl2N2.ClH/c14-12-3-1-2-11(13(12)15)9-17-6-4-10(8-16)5-7-17;/h1-3,10H,4-9,16H2;1H. The summed E-state index contributed by atoms with van der Waals surface area (Å²) in [5, 5.41) is 1.33. The van der Waals surface area contributed by atoms with Gasteiger partial charge in [0.05, 0.1) is 10.0 Å². The Morgan fingerprint density at radius 3 is 2.50 bits per heavy atom. The van der Waals surface area contributed by atoms with Crippen molar-refractivity contribution in [1.82, 2.24) is 4.90 Å². The van der Waals surface area contributed by atoms with E-state index < -0.39 is 0 Å². The van der Waals surface area contributed by atoms with Crippen molar-refractivity contribution in [1.29, 1.82) is 0 Å². The van der Waals surface area contributed by atoms with Crippen LogP contribution in [0.15, 0.2) is 18.2 Å². The molecule has 1 saturated heterocycles. The lowest BCUT2D eigenvalue weighted by Crippen LogP contribution is -2.35. The third kappa shape index (κ3) is 4.01. The fraction of sp³-hybridized carbons (Fsp3) is 0.538. The fourth-order valence-corrected chi connectivity index (χ4v) is 2.67. The molecule has 18 heavy (non-hydrogen) atoms. The highest BCUT2D eigenvalue weighted by atomic mass is 35.5. The van der Waals surface area contributed by atoms with Crippen molar-refractivity contribution in [2.45, 2.75) is 19.4 Å². The van der Waals surface area contributed by atoms with E-state index in [-0.39, 0.29) is 12.4 Å². The molecule has 0 aliphatic carbocycles. The van der Waals surface area contributed by atoms with Gasteiger partial charge in [0.25, 0.3) is 0 Å². The van der Waals surface area contributed by atoms with Crippen LogP contribution in [0, 0.1) is 5.92 Å². The second-order valence-corrected chi connectivity index (χ2v) is 5.45. The molecule has 0 unspecified atom stereocenters. The van der Waals surface area contributed by atoms with Crippen LogP contribution in [0.5, 0.6) is 0 Å². The van der Waals surface area contributed by atoms with Crippen molar-refractivity contribution in [3.05, 3.63) is 33.8 Å². The molecule has 102 valence electrons. The lowest BCUT2D eigenvalue weighted by Gasteiger charge is -2.31. The largest absolute Gasteiger partial charge is 0.330 e. The summed E-state index contributed by atoms with van der Waals surface area (Å²) < 4.78 is 0. The summed E-state index contributed by atoms with van der Waals surface area (Å²) in [5.74, 6) is 0.695. The number of halogens is 3. The summed E-state index contributed by atoms with van der Waals surface area (Å²) in [6.45, 7) is 3.90. The molecule has 2 nitrogen and oxygen atoms in total. The van der Waals surface area contributed by atoms with Gasteiger partial charge < -0.3 is 5.73 Å². The maximum atomic E-state index is 6.19. The number of benzene rings is 1. The molecule has 5 heteroatoms. The molecule has 1 aromatic carbocycles. The SMILES string of the molecule is Cl.NCC1CCN(Cc2cccc(Cl)c2Cl)CC1. The summed E-state index contributed by atoms with van der Waals surface area (Å²) in [5.41, 5.74) is 6.80. The third-order valence-electron chi connectivity index (χ3n) is 3.47. The van der Waals surface area contributed by atoms with Crippen LogP contribution < -0.4 is 5.73 Å². The van der Waals surface area contributed by atoms with E-state index in [4.69, 9.17) is 28.9 Å². The molecular formula is C13H19Cl3N2. The Bertz CT molecular complexity index is 376. The Kier molecular flexibility index (Phi) is 6.75. The lowest BCUT2D eigenvalue weighted by molar-refractivity contribution is 0.180. The summed E-state index contributed by atoms with van der Waals surface area (Å²) in [6, 6.07) is 5.83. The molecule has 1 aromatic rings. The first-order valence-corrected chi connectivity index (χ1v) is 6.81. The van der Waals surface area contributed by atoms with Crippen LogP contribution in [0.4, 0.5) is 0 Å². The third-order valence-corrected chi connectivity index (χ3v) is 4.32. The van der Waals surface area contributed by atoms with Crippen molar-refractivity contribution in [3.8, 4) is 0 Å². The van der Waals surface area contributed by atoms with Crippen LogP contribution in [0.1, 0.15) is 18.4 Å². The predicted octanol–water partition coefficient (Wildman–Crippen LogP) is 3.59. The topological polar surface area (TPSA) is 29.3 Å². The van der Waals surface area contributed by atoms with E-state index in [9.17, 15) is 0 Å². The first-order valence-electron chi connectivity index (χ1n) is 6.06. The van der Waals surface area contributed by atoms with Gasteiger partial charge >= 0.3 is 0 Å². The normalized spacial score (nSPS) is 17.5. The average Bonchev–Trinajstić information content (AvgIpc) is 2.36. The number of rotatable bonds is 3. The molecule has 0 atom stereocenters. The Balaban J connectivity index is 0.00000162. The Labute approximate surface area is 125 Å². The Morgan fingerprint density at radius 2 is 1.89 bits per heavy atom. The zero-order chi connectivity index (χ0) is 12.3. The molecule has 0 spiro atoms. The van der Waals surface area contributed by atoms with Crippen molar-refractivity contribution < 1.29 is 0 Å². The molecule has 2 rings (SSSR count). The van der Waals surface area contributed by atoms with Crippen molar-refractivity contribution >= 4 is 35.6 Å². The van der Waals surface area contributed by atoms with Gasteiger partial charge in [-0.3, -0.25) is 4.90 Å². The first-order chi connectivity index (χ1) is 8.20. The molecular weight excluding hydrogens is 291 g/mol. The second-order valence-electron chi connectivity index (χ2n) is 4.67. The highest BCUT2D eigenvalue weighted by Crippen LogP contribution is 2.27. The van der Waals surface area contributed by atoms with Crippen LogP contribution in [0.25, 0.3) is 0 Å². The number of nitrogens with two attached hydrogens (primary N) is 1. The van der Waals surface area contributed by atoms with Gasteiger partial charge in [-0.1, -0.05) is 35.3 Å². The van der Waals surface area contributed by atoms with Crippen LogP contribution in [0.3, 0.4) is 0 Å². The van der Waals surface area contributed by atoms with E-state index >= 15 is 0 Å². The molecule has 1 aliphatic heterocycles. The number of nitrogens with zero attached hydrogens (tertiary/aromatic N) is 1. The minimum Gasteiger partial charge on any atom is -0.330 e. The molecule has 1 heterocycles. The van der Waals surface area contributed by atoms with Gasteiger partial charge in [-0.15, -0.1) is 12.4 Å². The number of hydrogen-bond donors (Lipinski definition) is 1. The zero-order valence-corrected chi connectivity index (χ0v) is 12.6. The fourth-order valence-electron chi connectivity index (χ4n) is 2.29. The maximum Gasteiger partial charge on any atom is 0.0637 e. The van der Waals surface area contributed by atoms with Crippen molar-refractivity contribution in [3.63, 3.8) is 0 Å². The van der Waals surface area contributed by atoms with Crippen LogP contribution in [-0.2, 0) is 6.54 Å². The van der Waals surface area contributed by atoms with Gasteiger partial charge in [0.2, 0.25) is 0 Å². The highest BCUT2D eigenvalue weighted by molar-refractivity contribution is 6.42. The second kappa shape index (κ2) is 7.56. The quantitative estimate of drug-likeness (QED) is 0.924. The highest BCUT2D eigenvalue weighted by Gasteiger charge is 2.18. The molecule has 0 bridgehead atoms. The van der Waals surface area contributed by atoms with Gasteiger partial charge in [0.15, 0.2) is 0 Å². The molecule has 1 fully saturated rings. The van der Waals surface area contributed by atoms with E-state index in [0.29, 0.717) is 16.0 Å². The van der Waals surface area contributed by atoms with E-state index in [1.807, 2.05) is 18.2 Å². The maximum absolute atomic E-state index is 6.19. The smallest absolute Gasteiger partial charge is 0.0637 e. The van der Waals surface area contributed by atoms with Gasteiger partial charge in [-0.25, -0.2) is 0 Å². The van der Waals surface area contributed by atoms with Crippen molar-refractivity contribution in [2.75, 3.05) is 19.6 Å². The number of piperidine rings is 1. The molecule has 0 aromatic heterocycles. The predicted molar refractivity (Wildman–Crippen MR) is 80.8 cm³/mol. The molecule has 2 N–H and O–H groups in total. The molecule has 0 saturated carbocycles. The zero-order valence-electron chi connectivity index (χ0n) is 10.2. The Morgan fingerprint density at radius 1 is 1.22 bits per heavy atom. The van der Waals surface area contributed by atoms with E-state index in [2.05, 4.69) is 4.90 Å². The minimum absolute atomic E-state index is 0. The van der Waals surface area contributed by atoms with Crippen molar-refractivity contribution in [2.24, 2.45) is 11.7 Å². The minimum atomic E-state index is 0. The summed E-state index contributed by atoms with van der Waals surface area (Å²) in [4.78, 5) is 2.42. The average molecular weight is 310 g/mol. The van der Waals surface area contributed by atoms with Crippen LogP contribution >= 0.6 is 35.6 Å². The number of hydrogen-bond acceptors (Lipinski definition) is 2. The van der Waals surface area contributed by atoms with E-state index in [0.717, 1.165) is 31.7 Å². The number of likely N-dealkylation sites (tertiary alicyclic amines) is 1. The van der Waals surface area contributed by atoms with E-state index in [1.165, 1.54) is 12.8 Å². The lowest BCUT2D eigenvalue weighted by atomic mass is 9.97. The Hall–Kier alpha value is 0.01000. The summed E-state index contributed by atoms with van der Waals surface area (Å²) in [6.07, 6.45) is 2.38. The molecule has 1 aliphatic rings. The van der Waals surface area contributed by atoms with Gasteiger partial charge in [-0.05, 0) is 50.0 Å². The van der Waals surface area contributed by atoms with Gasteiger partial charge in [0, 0.05) is 6.54 Å². The monoisotopic (exact) mass is 308 g/mol. The summed E-state index contributed by atoms with van der Waals surface area (Å²) in [7, 11) is 0. The van der Waals surface area contributed by atoms with E-state index in [1.54, 1.807) is 0 Å². The van der Waals surface area contributed by atoms with Crippen LogP contribution in [-0.4, -0.2) is 24.5 Å². The van der Waals surface area contributed by atoms with Crippen LogP contribution in [0.2, 0.25) is 10.0 Å². The molecule has 0 radical (unpaired) electrons. The first kappa shape index (κ1) is 16.1. The summed E-state index contributed by atoms with van der Waals surface area (Å²) >= 11 is 12.2. The van der Waals surface area contributed by atoms with Gasteiger partial charge in [0.1, 0.15) is 0 Å². The molecule has 0 amide bonds. The van der Waals surface area contributed by atoms with Gasteiger partial charge in [-0.2, -0.15) is 0 Å².